The molecule has 0 atom stereocenters. The standard InChI is InChI=1S/C10H12BrClFN/c11-9-7(3-1-2-6-14)4-5-8(12)10(9)13/h4-5H,1-3,6,14H2. The molecule has 4 heteroatoms. The van der Waals surface area contributed by atoms with Gasteiger partial charge >= 0.3 is 0 Å². The molecule has 0 aromatic heterocycles. The fourth-order valence-corrected chi connectivity index (χ4v) is 2.03. The summed E-state index contributed by atoms with van der Waals surface area (Å²) in [4.78, 5) is 0. The van der Waals surface area contributed by atoms with E-state index >= 15 is 0 Å². The van der Waals surface area contributed by atoms with E-state index in [0.717, 1.165) is 24.8 Å². The van der Waals surface area contributed by atoms with Gasteiger partial charge in [-0.2, -0.15) is 0 Å². The highest BCUT2D eigenvalue weighted by atomic mass is 79.9. The van der Waals surface area contributed by atoms with Crippen LogP contribution in [0.15, 0.2) is 16.6 Å². The van der Waals surface area contributed by atoms with Crippen molar-refractivity contribution in [3.05, 3.63) is 33.0 Å². The number of rotatable bonds is 4. The smallest absolute Gasteiger partial charge is 0.156 e. The van der Waals surface area contributed by atoms with Gasteiger partial charge in [-0.3, -0.25) is 0 Å². The SMILES string of the molecule is NCCCCc1ccc(Cl)c(F)c1Br. The highest BCUT2D eigenvalue weighted by molar-refractivity contribution is 9.10. The van der Waals surface area contributed by atoms with Crippen LogP contribution in [0, 0.1) is 5.82 Å². The third-order valence-electron chi connectivity index (χ3n) is 2.02. The number of hydrogen-bond donors (Lipinski definition) is 1. The summed E-state index contributed by atoms with van der Waals surface area (Å²) in [5.41, 5.74) is 6.32. The van der Waals surface area contributed by atoms with Crippen molar-refractivity contribution in [1.29, 1.82) is 0 Å². The summed E-state index contributed by atoms with van der Waals surface area (Å²) < 4.78 is 13.8. The van der Waals surface area contributed by atoms with Gasteiger partial charge in [0.25, 0.3) is 0 Å². The second-order valence-electron chi connectivity index (χ2n) is 3.08. The molecule has 0 radical (unpaired) electrons. The monoisotopic (exact) mass is 279 g/mol. The van der Waals surface area contributed by atoms with Crippen molar-refractivity contribution >= 4 is 27.5 Å². The summed E-state index contributed by atoms with van der Waals surface area (Å²) in [6.07, 6.45) is 2.75. The van der Waals surface area contributed by atoms with Gasteiger partial charge in [-0.05, 0) is 53.4 Å². The van der Waals surface area contributed by atoms with Gasteiger partial charge in [0.2, 0.25) is 0 Å². The van der Waals surface area contributed by atoms with E-state index in [-0.39, 0.29) is 10.8 Å². The summed E-state index contributed by atoms with van der Waals surface area (Å²) >= 11 is 8.81. The Bertz CT molecular complexity index is 317. The molecule has 0 fully saturated rings. The lowest BCUT2D eigenvalue weighted by Crippen LogP contribution is -1.99. The number of nitrogens with two attached hydrogens (primary N) is 1. The van der Waals surface area contributed by atoms with Crippen LogP contribution < -0.4 is 5.73 Å². The van der Waals surface area contributed by atoms with Crippen molar-refractivity contribution in [2.24, 2.45) is 5.73 Å². The fraction of sp³-hybridized carbons (Fsp3) is 0.400. The van der Waals surface area contributed by atoms with Crippen LogP contribution in [-0.4, -0.2) is 6.54 Å². The van der Waals surface area contributed by atoms with E-state index in [0.29, 0.717) is 11.0 Å². The zero-order valence-corrected chi connectivity index (χ0v) is 10.0. The minimum absolute atomic E-state index is 0.152. The normalized spacial score (nSPS) is 10.6. The molecule has 78 valence electrons. The van der Waals surface area contributed by atoms with Crippen molar-refractivity contribution in [3.63, 3.8) is 0 Å². The minimum Gasteiger partial charge on any atom is -0.330 e. The molecule has 0 amide bonds. The van der Waals surface area contributed by atoms with Gasteiger partial charge in [-0.25, -0.2) is 4.39 Å². The highest BCUT2D eigenvalue weighted by Crippen LogP contribution is 2.27. The maximum absolute atomic E-state index is 13.3. The Kier molecular flexibility index (Phi) is 4.85. The predicted molar refractivity (Wildman–Crippen MR) is 61.1 cm³/mol. The molecule has 0 aliphatic heterocycles. The van der Waals surface area contributed by atoms with Crippen LogP contribution in [0.25, 0.3) is 0 Å². The molecule has 0 aliphatic rings. The zero-order valence-electron chi connectivity index (χ0n) is 7.69. The molecule has 0 saturated carbocycles. The van der Waals surface area contributed by atoms with Crippen molar-refractivity contribution in [2.75, 3.05) is 6.54 Å². The molecule has 2 N–H and O–H groups in total. The van der Waals surface area contributed by atoms with Crippen LogP contribution in [0.5, 0.6) is 0 Å². The Hall–Kier alpha value is -0.120. The molecule has 14 heavy (non-hydrogen) atoms. The van der Waals surface area contributed by atoms with E-state index in [2.05, 4.69) is 15.9 Å². The van der Waals surface area contributed by atoms with E-state index < -0.39 is 0 Å². The molecule has 1 nitrogen and oxygen atoms in total. The number of aryl methyl sites for hydroxylation is 1. The average molecular weight is 281 g/mol. The Morgan fingerprint density at radius 3 is 2.71 bits per heavy atom. The van der Waals surface area contributed by atoms with Crippen LogP contribution in [0.3, 0.4) is 0 Å². The molecule has 0 heterocycles. The highest BCUT2D eigenvalue weighted by Gasteiger charge is 2.08. The summed E-state index contributed by atoms with van der Waals surface area (Å²) in [7, 11) is 0. The quantitative estimate of drug-likeness (QED) is 0.663. The van der Waals surface area contributed by atoms with Gasteiger partial charge < -0.3 is 5.73 Å². The Labute approximate surface area is 96.6 Å². The van der Waals surface area contributed by atoms with Gasteiger partial charge in [0.05, 0.1) is 9.50 Å². The number of benzene rings is 1. The van der Waals surface area contributed by atoms with Crippen LogP contribution in [-0.2, 0) is 6.42 Å². The van der Waals surface area contributed by atoms with E-state index in [1.807, 2.05) is 6.07 Å². The Balaban J connectivity index is 2.73. The van der Waals surface area contributed by atoms with E-state index in [9.17, 15) is 4.39 Å². The molecule has 0 spiro atoms. The average Bonchev–Trinajstić information content (AvgIpc) is 2.18. The van der Waals surface area contributed by atoms with Gasteiger partial charge in [0.1, 0.15) is 0 Å². The predicted octanol–water partition coefficient (Wildman–Crippen LogP) is 3.52. The van der Waals surface area contributed by atoms with Crippen LogP contribution in [0.2, 0.25) is 5.02 Å². The molecule has 1 aromatic rings. The first-order valence-electron chi connectivity index (χ1n) is 4.49. The first-order chi connectivity index (χ1) is 6.66. The first-order valence-corrected chi connectivity index (χ1v) is 5.66. The third-order valence-corrected chi connectivity index (χ3v) is 3.16. The van der Waals surface area contributed by atoms with Crippen molar-refractivity contribution in [2.45, 2.75) is 19.3 Å². The lowest BCUT2D eigenvalue weighted by atomic mass is 10.1. The third kappa shape index (κ3) is 2.94. The summed E-state index contributed by atoms with van der Waals surface area (Å²) in [6, 6.07) is 3.42. The second kappa shape index (κ2) is 5.69. The van der Waals surface area contributed by atoms with Gasteiger partial charge in [-0.15, -0.1) is 0 Å². The first kappa shape index (κ1) is 12.0. The maximum atomic E-state index is 13.3. The van der Waals surface area contributed by atoms with E-state index in [1.165, 1.54) is 0 Å². The molecular weight excluding hydrogens is 268 g/mol. The zero-order chi connectivity index (χ0) is 10.6. The summed E-state index contributed by atoms with van der Waals surface area (Å²) in [5.74, 6) is -0.378. The molecular formula is C10H12BrClFN. The Morgan fingerprint density at radius 2 is 2.07 bits per heavy atom. The molecule has 0 saturated heterocycles. The largest absolute Gasteiger partial charge is 0.330 e. The number of unbranched alkanes of at least 4 members (excludes halogenated alkanes) is 1. The fourth-order valence-electron chi connectivity index (χ4n) is 1.22. The van der Waals surface area contributed by atoms with E-state index in [4.69, 9.17) is 17.3 Å². The Morgan fingerprint density at radius 1 is 1.36 bits per heavy atom. The summed E-state index contributed by atoms with van der Waals surface area (Å²) in [5, 5.41) is 0.152. The molecule has 0 aliphatic carbocycles. The van der Waals surface area contributed by atoms with Crippen molar-refractivity contribution in [1.82, 2.24) is 0 Å². The van der Waals surface area contributed by atoms with E-state index in [1.54, 1.807) is 6.07 Å². The maximum Gasteiger partial charge on any atom is 0.156 e. The van der Waals surface area contributed by atoms with Crippen LogP contribution >= 0.6 is 27.5 Å². The van der Waals surface area contributed by atoms with Crippen LogP contribution in [0.4, 0.5) is 4.39 Å². The van der Waals surface area contributed by atoms with Crippen LogP contribution in [0.1, 0.15) is 18.4 Å². The minimum atomic E-state index is -0.378. The molecule has 0 unspecified atom stereocenters. The van der Waals surface area contributed by atoms with Gasteiger partial charge in [0.15, 0.2) is 5.82 Å². The number of halogens is 3. The topological polar surface area (TPSA) is 26.0 Å². The van der Waals surface area contributed by atoms with Crippen molar-refractivity contribution < 1.29 is 4.39 Å². The van der Waals surface area contributed by atoms with Gasteiger partial charge in [0, 0.05) is 0 Å². The van der Waals surface area contributed by atoms with Gasteiger partial charge in [-0.1, -0.05) is 17.7 Å². The lowest BCUT2D eigenvalue weighted by molar-refractivity contribution is 0.616. The molecule has 0 bridgehead atoms. The lowest BCUT2D eigenvalue weighted by Gasteiger charge is -2.05. The number of hydrogen-bond acceptors (Lipinski definition) is 1. The van der Waals surface area contributed by atoms with Crippen molar-refractivity contribution in [3.8, 4) is 0 Å². The molecule has 1 rings (SSSR count). The molecule has 1 aromatic carbocycles. The summed E-state index contributed by atoms with van der Waals surface area (Å²) in [6.45, 7) is 0.674. The second-order valence-corrected chi connectivity index (χ2v) is 4.28.